The first-order valence-electron chi connectivity index (χ1n) is 4.90. The highest BCUT2D eigenvalue weighted by molar-refractivity contribution is 4.77. The Bertz CT molecular complexity index is 154. The van der Waals surface area contributed by atoms with Gasteiger partial charge in [0.25, 0.3) is 0 Å². The maximum atomic E-state index is 8.50. The van der Waals surface area contributed by atoms with Crippen LogP contribution in [0.1, 0.15) is 32.6 Å². The van der Waals surface area contributed by atoms with Crippen LogP contribution in [0.5, 0.6) is 0 Å². The van der Waals surface area contributed by atoms with Crippen molar-refractivity contribution in [3.63, 3.8) is 0 Å². The Hall–Kier alpha value is -0.550. The molecular weight excluding hydrogens is 148 g/mol. The van der Waals surface area contributed by atoms with E-state index < -0.39 is 0 Å². The second-order valence-electron chi connectivity index (χ2n) is 3.90. The first-order valence-corrected chi connectivity index (χ1v) is 4.90. The molecule has 0 spiro atoms. The first-order chi connectivity index (χ1) is 5.83. The quantitative estimate of drug-likeness (QED) is 0.695. The van der Waals surface area contributed by atoms with Crippen LogP contribution in [0, 0.1) is 23.2 Å². The van der Waals surface area contributed by atoms with Crippen molar-refractivity contribution in [1.29, 1.82) is 5.26 Å². The molecule has 2 nitrogen and oxygen atoms in total. The third kappa shape index (κ3) is 3.23. The van der Waals surface area contributed by atoms with Gasteiger partial charge in [-0.2, -0.15) is 5.26 Å². The zero-order valence-electron chi connectivity index (χ0n) is 7.84. The molecule has 0 amide bonds. The van der Waals surface area contributed by atoms with E-state index in [2.05, 4.69) is 18.3 Å². The summed E-state index contributed by atoms with van der Waals surface area (Å²) < 4.78 is 0. The lowest BCUT2D eigenvalue weighted by Gasteiger charge is -2.24. The van der Waals surface area contributed by atoms with Gasteiger partial charge in [0.2, 0.25) is 0 Å². The molecule has 1 saturated heterocycles. The van der Waals surface area contributed by atoms with E-state index in [1.54, 1.807) is 0 Å². The molecule has 0 saturated carbocycles. The largest absolute Gasteiger partial charge is 0.317 e. The number of hydrogen-bond donors (Lipinski definition) is 1. The SMILES string of the molecule is CC(CC#N)CC1CCNCC1. The molecule has 1 N–H and O–H groups in total. The molecule has 0 aromatic carbocycles. The van der Waals surface area contributed by atoms with E-state index in [1.807, 2.05) is 0 Å². The van der Waals surface area contributed by atoms with E-state index >= 15 is 0 Å². The van der Waals surface area contributed by atoms with Gasteiger partial charge in [-0.1, -0.05) is 6.92 Å². The van der Waals surface area contributed by atoms with Crippen LogP contribution in [0.2, 0.25) is 0 Å². The average molecular weight is 166 g/mol. The molecule has 0 bridgehead atoms. The molecule has 0 aliphatic carbocycles. The van der Waals surface area contributed by atoms with Crippen LogP contribution in [0.15, 0.2) is 0 Å². The number of hydrogen-bond acceptors (Lipinski definition) is 2. The highest BCUT2D eigenvalue weighted by Gasteiger charge is 2.15. The van der Waals surface area contributed by atoms with Crippen molar-refractivity contribution >= 4 is 0 Å². The van der Waals surface area contributed by atoms with Gasteiger partial charge in [0.1, 0.15) is 0 Å². The van der Waals surface area contributed by atoms with Crippen molar-refractivity contribution in [3.05, 3.63) is 0 Å². The van der Waals surface area contributed by atoms with Crippen LogP contribution in [0.25, 0.3) is 0 Å². The van der Waals surface area contributed by atoms with E-state index in [0.717, 1.165) is 12.3 Å². The number of nitriles is 1. The first kappa shape index (κ1) is 9.54. The minimum Gasteiger partial charge on any atom is -0.317 e. The lowest BCUT2D eigenvalue weighted by atomic mass is 9.87. The van der Waals surface area contributed by atoms with E-state index in [1.165, 1.54) is 32.4 Å². The van der Waals surface area contributed by atoms with Crippen molar-refractivity contribution < 1.29 is 0 Å². The third-order valence-corrected chi connectivity index (χ3v) is 2.63. The predicted molar refractivity (Wildman–Crippen MR) is 49.6 cm³/mol. The standard InChI is InChI=1S/C10H18N2/c1-9(2-5-11)8-10-3-6-12-7-4-10/h9-10,12H,2-4,6-8H2,1H3. The summed E-state index contributed by atoms with van der Waals surface area (Å²) in [7, 11) is 0. The Morgan fingerprint density at radius 2 is 2.17 bits per heavy atom. The Kier molecular flexibility index (Phi) is 4.10. The van der Waals surface area contributed by atoms with Crippen LogP contribution in [-0.2, 0) is 0 Å². The van der Waals surface area contributed by atoms with Gasteiger partial charge in [0, 0.05) is 6.42 Å². The molecular formula is C10H18N2. The molecule has 1 atom stereocenters. The molecule has 68 valence electrons. The van der Waals surface area contributed by atoms with Crippen molar-refractivity contribution in [3.8, 4) is 6.07 Å². The summed E-state index contributed by atoms with van der Waals surface area (Å²) in [6.45, 7) is 4.53. The highest BCUT2D eigenvalue weighted by Crippen LogP contribution is 2.22. The fraction of sp³-hybridized carbons (Fsp3) is 0.900. The molecule has 1 heterocycles. The molecule has 1 rings (SSSR count). The smallest absolute Gasteiger partial charge is 0.0624 e. The average Bonchev–Trinajstić information content (AvgIpc) is 2.06. The minimum atomic E-state index is 0.595. The second-order valence-corrected chi connectivity index (χ2v) is 3.90. The topological polar surface area (TPSA) is 35.8 Å². The van der Waals surface area contributed by atoms with Crippen LogP contribution in [0.3, 0.4) is 0 Å². The van der Waals surface area contributed by atoms with Crippen LogP contribution in [-0.4, -0.2) is 13.1 Å². The molecule has 0 radical (unpaired) electrons. The zero-order valence-corrected chi connectivity index (χ0v) is 7.84. The molecule has 1 aliphatic rings. The van der Waals surface area contributed by atoms with Crippen molar-refractivity contribution in [2.75, 3.05) is 13.1 Å². The Labute approximate surface area is 75.0 Å². The van der Waals surface area contributed by atoms with Gasteiger partial charge >= 0.3 is 0 Å². The van der Waals surface area contributed by atoms with Crippen LogP contribution in [0.4, 0.5) is 0 Å². The normalized spacial score (nSPS) is 21.7. The van der Waals surface area contributed by atoms with E-state index in [-0.39, 0.29) is 0 Å². The van der Waals surface area contributed by atoms with Crippen molar-refractivity contribution in [1.82, 2.24) is 5.32 Å². The lowest BCUT2D eigenvalue weighted by Crippen LogP contribution is -2.28. The predicted octanol–water partition coefficient (Wildman–Crippen LogP) is 1.93. The Morgan fingerprint density at radius 1 is 1.50 bits per heavy atom. The highest BCUT2D eigenvalue weighted by atomic mass is 14.9. The molecule has 1 fully saturated rings. The Morgan fingerprint density at radius 3 is 2.75 bits per heavy atom. The number of rotatable bonds is 3. The Balaban J connectivity index is 2.16. The zero-order chi connectivity index (χ0) is 8.81. The minimum absolute atomic E-state index is 0.595. The maximum Gasteiger partial charge on any atom is 0.0624 e. The molecule has 0 aromatic heterocycles. The summed E-state index contributed by atoms with van der Waals surface area (Å²) in [6, 6.07) is 2.24. The fourth-order valence-electron chi connectivity index (χ4n) is 1.93. The summed E-state index contributed by atoms with van der Waals surface area (Å²) in [5, 5.41) is 11.9. The fourth-order valence-corrected chi connectivity index (χ4v) is 1.93. The monoisotopic (exact) mass is 166 g/mol. The molecule has 0 aromatic rings. The lowest BCUT2D eigenvalue weighted by molar-refractivity contribution is 0.310. The number of nitrogens with zero attached hydrogens (tertiary/aromatic N) is 1. The van der Waals surface area contributed by atoms with Gasteiger partial charge in [0.05, 0.1) is 6.07 Å². The van der Waals surface area contributed by atoms with Gasteiger partial charge in [-0.25, -0.2) is 0 Å². The van der Waals surface area contributed by atoms with Crippen LogP contribution < -0.4 is 5.32 Å². The van der Waals surface area contributed by atoms with Gasteiger partial charge in [0.15, 0.2) is 0 Å². The summed E-state index contributed by atoms with van der Waals surface area (Å²) in [6.07, 6.45) is 4.57. The molecule has 12 heavy (non-hydrogen) atoms. The maximum absolute atomic E-state index is 8.50. The molecule has 2 heteroatoms. The van der Waals surface area contributed by atoms with Gasteiger partial charge in [-0.05, 0) is 44.2 Å². The van der Waals surface area contributed by atoms with Gasteiger partial charge in [-0.15, -0.1) is 0 Å². The molecule has 1 aliphatic heterocycles. The second kappa shape index (κ2) is 5.16. The van der Waals surface area contributed by atoms with Crippen molar-refractivity contribution in [2.24, 2.45) is 11.8 Å². The van der Waals surface area contributed by atoms with E-state index in [4.69, 9.17) is 5.26 Å². The number of nitrogens with one attached hydrogen (secondary N) is 1. The van der Waals surface area contributed by atoms with Gasteiger partial charge in [-0.3, -0.25) is 0 Å². The third-order valence-electron chi connectivity index (χ3n) is 2.63. The van der Waals surface area contributed by atoms with E-state index in [0.29, 0.717) is 5.92 Å². The van der Waals surface area contributed by atoms with Gasteiger partial charge < -0.3 is 5.32 Å². The summed E-state index contributed by atoms with van der Waals surface area (Å²) >= 11 is 0. The number of piperidine rings is 1. The van der Waals surface area contributed by atoms with Crippen molar-refractivity contribution in [2.45, 2.75) is 32.6 Å². The molecule has 1 unspecified atom stereocenters. The van der Waals surface area contributed by atoms with Crippen LogP contribution >= 0.6 is 0 Å². The summed E-state index contributed by atoms with van der Waals surface area (Å²) in [4.78, 5) is 0. The summed E-state index contributed by atoms with van der Waals surface area (Å²) in [5.74, 6) is 1.47. The van der Waals surface area contributed by atoms with E-state index in [9.17, 15) is 0 Å². The summed E-state index contributed by atoms with van der Waals surface area (Å²) in [5.41, 5.74) is 0.